The molecule has 0 aliphatic heterocycles. The highest BCUT2D eigenvalue weighted by Crippen LogP contribution is 2.22. The molecule has 0 radical (unpaired) electrons. The van der Waals surface area contributed by atoms with Crippen LogP contribution in [0.3, 0.4) is 0 Å². The molecule has 168 valence electrons. The molecule has 10 heteroatoms. The summed E-state index contributed by atoms with van der Waals surface area (Å²) in [5.41, 5.74) is 2.05. The average molecular weight is 444 g/mol. The number of aromatic nitrogens is 5. The second-order valence-electron chi connectivity index (χ2n) is 10.0. The van der Waals surface area contributed by atoms with E-state index in [1.807, 2.05) is 38.6 Å². The minimum atomic E-state index is -1.17. The minimum Gasteiger partial charge on any atom is -0.361 e. The smallest absolute Gasteiger partial charge is 0.255 e. The Morgan fingerprint density at radius 3 is 2.55 bits per heavy atom. The van der Waals surface area contributed by atoms with E-state index in [9.17, 15) is 4.79 Å². The summed E-state index contributed by atoms with van der Waals surface area (Å²) in [6.07, 6.45) is 6.97. The Morgan fingerprint density at radius 1 is 1.19 bits per heavy atom. The van der Waals surface area contributed by atoms with Crippen molar-refractivity contribution in [2.75, 3.05) is 11.9 Å². The van der Waals surface area contributed by atoms with Gasteiger partial charge in [0.05, 0.1) is 23.6 Å². The number of hydrogen-bond acceptors (Lipinski definition) is 6. The molecular weight excluding hydrogens is 410 g/mol. The molecule has 0 aliphatic rings. The van der Waals surface area contributed by atoms with Crippen molar-refractivity contribution >= 4 is 36.7 Å². The lowest BCUT2D eigenvalue weighted by molar-refractivity contribution is 0.0886. The fraction of sp³-hybridized carbons (Fsp3) is 0.524. The standard InChI is InChI=1S/C21H33N7O2Si/c1-21(2,3)26-20(29)16-13-28(14-30-8-9-31(5,6)7)19-18(16)25-17(11-22-19)24-15-10-23-27(4)12-15/h10-13H,8-9,14H2,1-7H3,(H,24,25)(H,26,29). The Balaban J connectivity index is 1.89. The lowest BCUT2D eigenvalue weighted by Gasteiger charge is -2.20. The fourth-order valence-electron chi connectivity index (χ4n) is 2.96. The van der Waals surface area contributed by atoms with Crippen LogP contribution >= 0.6 is 0 Å². The van der Waals surface area contributed by atoms with E-state index in [0.29, 0.717) is 35.9 Å². The van der Waals surface area contributed by atoms with Crippen molar-refractivity contribution in [3.05, 3.63) is 30.4 Å². The van der Waals surface area contributed by atoms with Crippen LogP contribution in [-0.4, -0.2) is 50.4 Å². The van der Waals surface area contributed by atoms with Crippen LogP contribution in [0.4, 0.5) is 11.5 Å². The summed E-state index contributed by atoms with van der Waals surface area (Å²) in [7, 11) is 0.672. The molecule has 0 saturated carbocycles. The van der Waals surface area contributed by atoms with Crippen molar-refractivity contribution in [1.82, 2.24) is 29.6 Å². The number of nitrogens with one attached hydrogen (secondary N) is 2. The summed E-state index contributed by atoms with van der Waals surface area (Å²) < 4.78 is 9.44. The zero-order chi connectivity index (χ0) is 22.8. The molecule has 3 aromatic rings. The van der Waals surface area contributed by atoms with E-state index >= 15 is 0 Å². The first-order valence-corrected chi connectivity index (χ1v) is 14.1. The second-order valence-corrected chi connectivity index (χ2v) is 15.6. The molecule has 0 atom stereocenters. The van der Waals surface area contributed by atoms with Crippen molar-refractivity contribution in [2.24, 2.45) is 7.05 Å². The lowest BCUT2D eigenvalue weighted by atomic mass is 10.1. The van der Waals surface area contributed by atoms with Crippen molar-refractivity contribution in [1.29, 1.82) is 0 Å². The Hall–Kier alpha value is -2.72. The highest BCUT2D eigenvalue weighted by molar-refractivity contribution is 6.76. The van der Waals surface area contributed by atoms with Crippen LogP contribution in [0.25, 0.3) is 11.2 Å². The van der Waals surface area contributed by atoms with E-state index in [2.05, 4.69) is 45.3 Å². The SMILES string of the molecule is Cn1cc(Nc2cnc3c(n2)c(C(=O)NC(C)(C)C)cn3COCC[Si](C)(C)C)cn1. The molecule has 0 spiro atoms. The van der Waals surface area contributed by atoms with E-state index in [1.54, 1.807) is 23.3 Å². The second kappa shape index (κ2) is 8.79. The Labute approximate surface area is 184 Å². The third-order valence-electron chi connectivity index (χ3n) is 4.50. The van der Waals surface area contributed by atoms with Crippen LogP contribution in [0.2, 0.25) is 25.7 Å². The molecule has 0 unspecified atom stereocenters. The molecule has 3 rings (SSSR count). The maximum absolute atomic E-state index is 13.0. The van der Waals surface area contributed by atoms with Gasteiger partial charge in [-0.3, -0.25) is 9.48 Å². The third-order valence-corrected chi connectivity index (χ3v) is 6.21. The quantitative estimate of drug-likeness (QED) is 0.406. The minimum absolute atomic E-state index is 0.189. The summed E-state index contributed by atoms with van der Waals surface area (Å²) in [5.74, 6) is 0.355. The predicted molar refractivity (Wildman–Crippen MR) is 125 cm³/mol. The van der Waals surface area contributed by atoms with Gasteiger partial charge in [-0.2, -0.15) is 5.10 Å². The zero-order valence-electron chi connectivity index (χ0n) is 19.5. The summed E-state index contributed by atoms with van der Waals surface area (Å²) >= 11 is 0. The van der Waals surface area contributed by atoms with E-state index < -0.39 is 8.07 Å². The number of hydrogen-bond donors (Lipinski definition) is 2. The molecule has 31 heavy (non-hydrogen) atoms. The monoisotopic (exact) mass is 443 g/mol. The highest BCUT2D eigenvalue weighted by Gasteiger charge is 2.22. The number of ether oxygens (including phenoxy) is 1. The van der Waals surface area contributed by atoms with Gasteiger partial charge in [-0.1, -0.05) is 19.6 Å². The summed E-state index contributed by atoms with van der Waals surface area (Å²) in [5, 5.41) is 10.3. The molecule has 9 nitrogen and oxygen atoms in total. The van der Waals surface area contributed by atoms with Gasteiger partial charge in [0.25, 0.3) is 5.91 Å². The Morgan fingerprint density at radius 2 is 1.94 bits per heavy atom. The maximum atomic E-state index is 13.0. The largest absolute Gasteiger partial charge is 0.361 e. The van der Waals surface area contributed by atoms with Crippen LogP contribution in [0.5, 0.6) is 0 Å². The third kappa shape index (κ3) is 6.38. The first-order chi connectivity index (χ1) is 14.4. The summed E-state index contributed by atoms with van der Waals surface area (Å²) in [6.45, 7) is 13.8. The number of anilines is 2. The maximum Gasteiger partial charge on any atom is 0.255 e. The number of amides is 1. The van der Waals surface area contributed by atoms with Gasteiger partial charge in [0.2, 0.25) is 0 Å². The molecule has 0 aliphatic carbocycles. The van der Waals surface area contributed by atoms with Gasteiger partial charge in [-0.15, -0.1) is 0 Å². The van der Waals surface area contributed by atoms with Crippen LogP contribution in [0.1, 0.15) is 31.1 Å². The number of carbonyl (C=O) groups excluding carboxylic acids is 1. The molecule has 3 heterocycles. The molecule has 0 fully saturated rings. The van der Waals surface area contributed by atoms with Crippen LogP contribution in [0, 0.1) is 0 Å². The van der Waals surface area contributed by atoms with Crippen LogP contribution < -0.4 is 10.6 Å². The van der Waals surface area contributed by atoms with Gasteiger partial charge in [-0.25, -0.2) is 9.97 Å². The topological polar surface area (TPSA) is 98.9 Å². The van der Waals surface area contributed by atoms with Gasteiger partial charge >= 0.3 is 0 Å². The van der Waals surface area contributed by atoms with E-state index in [4.69, 9.17) is 4.74 Å². The highest BCUT2D eigenvalue weighted by atomic mass is 28.3. The van der Waals surface area contributed by atoms with E-state index in [1.165, 1.54) is 0 Å². The molecule has 2 N–H and O–H groups in total. The molecular formula is C21H33N7O2Si. The van der Waals surface area contributed by atoms with Crippen molar-refractivity contribution in [3.63, 3.8) is 0 Å². The predicted octanol–water partition coefficient (Wildman–Crippen LogP) is 3.75. The first-order valence-electron chi connectivity index (χ1n) is 10.4. The lowest BCUT2D eigenvalue weighted by Crippen LogP contribution is -2.40. The van der Waals surface area contributed by atoms with Gasteiger partial charge in [-0.05, 0) is 26.8 Å². The van der Waals surface area contributed by atoms with Gasteiger partial charge in [0.1, 0.15) is 18.1 Å². The summed E-state index contributed by atoms with van der Waals surface area (Å²) in [4.78, 5) is 22.2. The van der Waals surface area contributed by atoms with E-state index in [0.717, 1.165) is 11.7 Å². The normalized spacial score (nSPS) is 12.4. The summed E-state index contributed by atoms with van der Waals surface area (Å²) in [6, 6.07) is 1.08. The first kappa shape index (κ1) is 23.0. The zero-order valence-corrected chi connectivity index (χ0v) is 20.5. The number of nitrogens with zero attached hydrogens (tertiary/aromatic N) is 5. The molecule has 0 saturated heterocycles. The molecule has 1 amide bonds. The Bertz CT molecular complexity index is 1060. The Kier molecular flexibility index (Phi) is 6.51. The van der Waals surface area contributed by atoms with Gasteiger partial charge in [0.15, 0.2) is 5.65 Å². The fourth-order valence-corrected chi connectivity index (χ4v) is 3.72. The molecule has 0 bridgehead atoms. The number of fused-ring (bicyclic) bond motifs is 1. The van der Waals surface area contributed by atoms with Gasteiger partial charge < -0.3 is 19.9 Å². The van der Waals surface area contributed by atoms with Crippen LogP contribution in [0.15, 0.2) is 24.8 Å². The van der Waals surface area contributed by atoms with Crippen molar-refractivity contribution < 1.29 is 9.53 Å². The van der Waals surface area contributed by atoms with E-state index in [-0.39, 0.29) is 11.4 Å². The number of carbonyl (C=O) groups is 1. The van der Waals surface area contributed by atoms with Gasteiger partial charge in [0, 0.05) is 39.7 Å². The van der Waals surface area contributed by atoms with Crippen LogP contribution in [-0.2, 0) is 18.5 Å². The average Bonchev–Trinajstić information content (AvgIpc) is 3.20. The molecule has 0 aromatic carbocycles. The van der Waals surface area contributed by atoms with Crippen molar-refractivity contribution in [3.8, 4) is 0 Å². The number of rotatable bonds is 8. The van der Waals surface area contributed by atoms with Crippen molar-refractivity contribution in [2.45, 2.75) is 58.7 Å². The number of aryl methyl sites for hydroxylation is 1. The molecule has 3 aromatic heterocycles.